The topological polar surface area (TPSA) is 86.7 Å². The average molecular weight is 237 g/mol. The van der Waals surface area contributed by atoms with Gasteiger partial charge in [-0.25, -0.2) is 0 Å². The van der Waals surface area contributed by atoms with Gasteiger partial charge in [-0.15, -0.1) is 0 Å². The summed E-state index contributed by atoms with van der Waals surface area (Å²) in [5, 5.41) is 27.1. The summed E-state index contributed by atoms with van der Waals surface area (Å²) in [7, 11) is 0. The molecular weight excluding hydrogens is 227 g/mol. The number of halogens is 3. The number of benzene rings is 1. The fraction of sp³-hybridized carbons (Fsp3) is 0.333. The summed E-state index contributed by atoms with van der Waals surface area (Å²) in [6, 6.07) is 0.465. The fourth-order valence-corrected chi connectivity index (χ4v) is 1.22. The first-order valence-corrected chi connectivity index (χ1v) is 4.27. The summed E-state index contributed by atoms with van der Waals surface area (Å²) in [4.78, 5) is 0. The maximum absolute atomic E-state index is 12.3. The average Bonchev–Trinajstić information content (AvgIpc) is 2.19. The molecule has 7 heteroatoms. The highest BCUT2D eigenvalue weighted by atomic mass is 19.4. The number of alkyl halides is 3. The molecule has 1 aromatic rings. The Hall–Kier alpha value is -1.47. The molecule has 90 valence electrons. The van der Waals surface area contributed by atoms with E-state index in [0.29, 0.717) is 6.07 Å². The van der Waals surface area contributed by atoms with E-state index in [-0.39, 0.29) is 5.56 Å². The van der Waals surface area contributed by atoms with Crippen LogP contribution in [-0.4, -0.2) is 21.9 Å². The van der Waals surface area contributed by atoms with Crippen molar-refractivity contribution in [1.82, 2.24) is 0 Å². The van der Waals surface area contributed by atoms with E-state index in [1.165, 1.54) is 0 Å². The van der Waals surface area contributed by atoms with E-state index in [9.17, 15) is 18.3 Å². The molecule has 0 aliphatic rings. The van der Waals surface area contributed by atoms with Gasteiger partial charge in [0.05, 0.1) is 12.6 Å². The molecule has 16 heavy (non-hydrogen) atoms. The molecule has 0 fully saturated rings. The second kappa shape index (κ2) is 4.18. The number of nitrogens with two attached hydrogens (primary N) is 1. The minimum absolute atomic E-state index is 0.145. The van der Waals surface area contributed by atoms with Crippen LogP contribution in [-0.2, 0) is 6.18 Å². The van der Waals surface area contributed by atoms with Crippen LogP contribution in [0.15, 0.2) is 12.1 Å². The Kier molecular flexibility index (Phi) is 3.30. The standard InChI is InChI=1S/C9H10F3NO3/c10-9(11,12)5-2-1-4(6(13)3-14)7(15)8(5)16/h1-2,6,14-16H,3,13H2. The lowest BCUT2D eigenvalue weighted by molar-refractivity contribution is -0.138. The van der Waals surface area contributed by atoms with Crippen LogP contribution in [0.1, 0.15) is 17.2 Å². The monoisotopic (exact) mass is 237 g/mol. The van der Waals surface area contributed by atoms with Gasteiger partial charge in [-0.3, -0.25) is 0 Å². The molecule has 1 atom stereocenters. The molecule has 4 nitrogen and oxygen atoms in total. The van der Waals surface area contributed by atoms with Crippen molar-refractivity contribution in [3.8, 4) is 11.5 Å². The van der Waals surface area contributed by atoms with Crippen molar-refractivity contribution < 1.29 is 28.5 Å². The number of rotatable bonds is 2. The predicted octanol–water partition coefficient (Wildman–Crippen LogP) is 1.11. The van der Waals surface area contributed by atoms with Crippen molar-refractivity contribution in [3.05, 3.63) is 23.3 Å². The summed E-state index contributed by atoms with van der Waals surface area (Å²) in [6.07, 6.45) is -4.76. The Morgan fingerprint density at radius 2 is 1.75 bits per heavy atom. The van der Waals surface area contributed by atoms with Crippen molar-refractivity contribution in [2.24, 2.45) is 5.73 Å². The van der Waals surface area contributed by atoms with Gasteiger partial charge < -0.3 is 21.1 Å². The normalized spacial score (nSPS) is 13.8. The summed E-state index contributed by atoms with van der Waals surface area (Å²) in [5.74, 6) is -2.25. The van der Waals surface area contributed by atoms with E-state index in [4.69, 9.17) is 15.9 Å². The molecule has 0 bridgehead atoms. The molecule has 0 radical (unpaired) electrons. The van der Waals surface area contributed by atoms with Crippen LogP contribution in [0.5, 0.6) is 11.5 Å². The number of aromatic hydroxyl groups is 2. The molecular formula is C9H10F3NO3. The van der Waals surface area contributed by atoms with Gasteiger partial charge in [-0.05, 0) is 6.07 Å². The van der Waals surface area contributed by atoms with Gasteiger partial charge in [-0.2, -0.15) is 13.2 Å². The zero-order chi connectivity index (χ0) is 12.5. The quantitative estimate of drug-likeness (QED) is 0.580. The lowest BCUT2D eigenvalue weighted by Gasteiger charge is -2.15. The van der Waals surface area contributed by atoms with Gasteiger partial charge >= 0.3 is 6.18 Å². The Labute approximate surface area is 88.7 Å². The molecule has 1 unspecified atom stereocenters. The lowest BCUT2D eigenvalue weighted by Crippen LogP contribution is -2.15. The van der Waals surface area contributed by atoms with Crippen LogP contribution < -0.4 is 5.73 Å². The first-order valence-electron chi connectivity index (χ1n) is 4.27. The van der Waals surface area contributed by atoms with E-state index < -0.39 is 35.9 Å². The van der Waals surface area contributed by atoms with Gasteiger partial charge in [0.25, 0.3) is 0 Å². The summed E-state index contributed by atoms with van der Waals surface area (Å²) < 4.78 is 36.9. The third kappa shape index (κ3) is 2.20. The first kappa shape index (κ1) is 12.6. The number of aliphatic hydroxyl groups is 1. The van der Waals surface area contributed by atoms with Crippen molar-refractivity contribution in [2.45, 2.75) is 12.2 Å². The maximum Gasteiger partial charge on any atom is 0.420 e. The number of aliphatic hydroxyl groups excluding tert-OH is 1. The predicted molar refractivity (Wildman–Crippen MR) is 48.8 cm³/mol. The van der Waals surface area contributed by atoms with Gasteiger partial charge in [0.1, 0.15) is 5.56 Å². The minimum atomic E-state index is -4.76. The van der Waals surface area contributed by atoms with Crippen LogP contribution in [0, 0.1) is 0 Å². The summed E-state index contributed by atoms with van der Waals surface area (Å²) in [6.45, 7) is -0.557. The smallest absolute Gasteiger partial charge is 0.420 e. The second-order valence-electron chi connectivity index (χ2n) is 3.19. The van der Waals surface area contributed by atoms with Crippen molar-refractivity contribution >= 4 is 0 Å². The van der Waals surface area contributed by atoms with Crippen LogP contribution in [0.4, 0.5) is 13.2 Å². The van der Waals surface area contributed by atoms with E-state index in [0.717, 1.165) is 6.07 Å². The molecule has 0 spiro atoms. The Morgan fingerprint density at radius 3 is 2.19 bits per heavy atom. The molecule has 0 saturated heterocycles. The molecule has 0 aliphatic carbocycles. The van der Waals surface area contributed by atoms with Crippen molar-refractivity contribution in [3.63, 3.8) is 0 Å². The molecule has 0 amide bonds. The number of hydrogen-bond donors (Lipinski definition) is 4. The minimum Gasteiger partial charge on any atom is -0.504 e. The molecule has 0 heterocycles. The highest BCUT2D eigenvalue weighted by molar-refractivity contribution is 5.52. The zero-order valence-corrected chi connectivity index (χ0v) is 7.99. The highest BCUT2D eigenvalue weighted by Crippen LogP contribution is 2.43. The Bertz CT molecular complexity index is 392. The van der Waals surface area contributed by atoms with Gasteiger partial charge in [0.2, 0.25) is 0 Å². The molecule has 0 saturated carbocycles. The van der Waals surface area contributed by atoms with E-state index >= 15 is 0 Å². The summed E-state index contributed by atoms with van der Waals surface area (Å²) >= 11 is 0. The molecule has 5 N–H and O–H groups in total. The van der Waals surface area contributed by atoms with Crippen LogP contribution in [0.2, 0.25) is 0 Å². The molecule has 0 aromatic heterocycles. The number of phenols is 2. The SMILES string of the molecule is NC(CO)c1ccc(C(F)(F)F)c(O)c1O. The van der Waals surface area contributed by atoms with E-state index in [1.807, 2.05) is 0 Å². The highest BCUT2D eigenvalue weighted by Gasteiger charge is 2.35. The van der Waals surface area contributed by atoms with E-state index in [2.05, 4.69) is 0 Å². The lowest BCUT2D eigenvalue weighted by atomic mass is 10.0. The zero-order valence-electron chi connectivity index (χ0n) is 7.99. The van der Waals surface area contributed by atoms with Crippen molar-refractivity contribution in [2.75, 3.05) is 6.61 Å². The number of hydrogen-bond acceptors (Lipinski definition) is 4. The first-order chi connectivity index (χ1) is 7.29. The Balaban J connectivity index is 3.29. The molecule has 1 aromatic carbocycles. The van der Waals surface area contributed by atoms with E-state index in [1.54, 1.807) is 0 Å². The van der Waals surface area contributed by atoms with Gasteiger partial charge in [0.15, 0.2) is 11.5 Å². The fourth-order valence-electron chi connectivity index (χ4n) is 1.22. The summed E-state index contributed by atoms with van der Waals surface area (Å²) in [5.41, 5.74) is 3.83. The largest absolute Gasteiger partial charge is 0.504 e. The van der Waals surface area contributed by atoms with Crippen LogP contribution >= 0.6 is 0 Å². The van der Waals surface area contributed by atoms with Crippen LogP contribution in [0.3, 0.4) is 0 Å². The number of phenolic OH excluding ortho intramolecular Hbond substituents is 2. The third-order valence-electron chi connectivity index (χ3n) is 2.08. The van der Waals surface area contributed by atoms with Crippen LogP contribution in [0.25, 0.3) is 0 Å². The Morgan fingerprint density at radius 1 is 1.19 bits per heavy atom. The molecule has 1 rings (SSSR count). The molecule has 0 aliphatic heterocycles. The maximum atomic E-state index is 12.3. The van der Waals surface area contributed by atoms with Crippen molar-refractivity contribution in [1.29, 1.82) is 0 Å². The van der Waals surface area contributed by atoms with Gasteiger partial charge in [0, 0.05) is 5.56 Å². The van der Waals surface area contributed by atoms with Gasteiger partial charge in [-0.1, -0.05) is 6.07 Å². The third-order valence-corrected chi connectivity index (χ3v) is 2.08. The second-order valence-corrected chi connectivity index (χ2v) is 3.19.